The summed E-state index contributed by atoms with van der Waals surface area (Å²) in [5.41, 5.74) is 0. The number of hydrogen-bond acceptors (Lipinski definition) is 3. The van der Waals surface area contributed by atoms with Gasteiger partial charge in [0.1, 0.15) is 0 Å². The standard InChI is InChI=1S/C10H18O2S/c11-9-3-1-2-8(4-9)7-13-10-5-12-6-10/h8-11H,1-7H2. The Morgan fingerprint density at radius 1 is 1.31 bits per heavy atom. The lowest BCUT2D eigenvalue weighted by atomic mass is 9.89. The molecule has 0 bridgehead atoms. The second-order valence-corrected chi connectivity index (χ2v) is 5.51. The Balaban J connectivity index is 1.62. The third-order valence-electron chi connectivity index (χ3n) is 2.93. The van der Waals surface area contributed by atoms with E-state index >= 15 is 0 Å². The van der Waals surface area contributed by atoms with Gasteiger partial charge in [0.2, 0.25) is 0 Å². The van der Waals surface area contributed by atoms with Crippen LogP contribution in [0.5, 0.6) is 0 Å². The summed E-state index contributed by atoms with van der Waals surface area (Å²) in [7, 11) is 0. The van der Waals surface area contributed by atoms with Crippen molar-refractivity contribution in [3.05, 3.63) is 0 Å². The molecule has 2 fully saturated rings. The number of ether oxygens (including phenoxy) is 1. The van der Waals surface area contributed by atoms with Gasteiger partial charge in [-0.3, -0.25) is 0 Å². The van der Waals surface area contributed by atoms with Gasteiger partial charge in [0.15, 0.2) is 0 Å². The van der Waals surface area contributed by atoms with E-state index in [1.54, 1.807) is 0 Å². The predicted octanol–water partition coefficient (Wildman–Crippen LogP) is 1.67. The second kappa shape index (κ2) is 4.67. The van der Waals surface area contributed by atoms with Crippen LogP contribution < -0.4 is 0 Å². The molecule has 0 aromatic rings. The van der Waals surface area contributed by atoms with Crippen LogP contribution in [0.15, 0.2) is 0 Å². The Labute approximate surface area is 84.0 Å². The summed E-state index contributed by atoms with van der Waals surface area (Å²) in [5.74, 6) is 1.99. The van der Waals surface area contributed by atoms with Gasteiger partial charge >= 0.3 is 0 Å². The Bertz CT molecular complexity index is 159. The van der Waals surface area contributed by atoms with Crippen LogP contribution in [-0.2, 0) is 4.74 Å². The Morgan fingerprint density at radius 2 is 2.15 bits per heavy atom. The van der Waals surface area contributed by atoms with E-state index in [1.165, 1.54) is 18.6 Å². The zero-order valence-corrected chi connectivity index (χ0v) is 8.76. The third-order valence-corrected chi connectivity index (χ3v) is 4.34. The Hall–Kier alpha value is 0.270. The van der Waals surface area contributed by atoms with Crippen LogP contribution in [0.25, 0.3) is 0 Å². The molecular weight excluding hydrogens is 184 g/mol. The van der Waals surface area contributed by atoms with Gasteiger partial charge in [-0.05, 0) is 30.9 Å². The van der Waals surface area contributed by atoms with Gasteiger partial charge in [-0.25, -0.2) is 0 Å². The van der Waals surface area contributed by atoms with E-state index in [4.69, 9.17) is 4.74 Å². The molecule has 76 valence electrons. The topological polar surface area (TPSA) is 29.5 Å². The maximum absolute atomic E-state index is 9.48. The maximum Gasteiger partial charge on any atom is 0.0607 e. The number of rotatable bonds is 3. The molecular formula is C10H18O2S. The van der Waals surface area contributed by atoms with Gasteiger partial charge in [-0.15, -0.1) is 0 Å². The summed E-state index contributed by atoms with van der Waals surface area (Å²) in [6.07, 6.45) is 4.57. The van der Waals surface area contributed by atoms with Crippen molar-refractivity contribution < 1.29 is 9.84 Å². The Morgan fingerprint density at radius 3 is 2.77 bits per heavy atom. The smallest absolute Gasteiger partial charge is 0.0607 e. The molecule has 2 nitrogen and oxygen atoms in total. The molecule has 1 saturated heterocycles. The van der Waals surface area contributed by atoms with E-state index in [0.717, 1.165) is 37.2 Å². The molecule has 1 saturated carbocycles. The zero-order valence-electron chi connectivity index (χ0n) is 7.95. The van der Waals surface area contributed by atoms with E-state index in [9.17, 15) is 5.11 Å². The monoisotopic (exact) mass is 202 g/mol. The molecule has 2 unspecified atom stereocenters. The summed E-state index contributed by atoms with van der Waals surface area (Å²) in [6, 6.07) is 0. The first kappa shape index (κ1) is 9.81. The number of aliphatic hydroxyl groups is 1. The van der Waals surface area contributed by atoms with Crippen molar-refractivity contribution in [3.63, 3.8) is 0 Å². The predicted molar refractivity (Wildman–Crippen MR) is 55.0 cm³/mol. The van der Waals surface area contributed by atoms with E-state index in [2.05, 4.69) is 0 Å². The molecule has 13 heavy (non-hydrogen) atoms. The average Bonchev–Trinajstić information content (AvgIpc) is 2.01. The molecule has 2 atom stereocenters. The summed E-state index contributed by atoms with van der Waals surface area (Å²) >= 11 is 2.04. The van der Waals surface area contributed by atoms with Crippen molar-refractivity contribution >= 4 is 11.8 Å². The van der Waals surface area contributed by atoms with Crippen LogP contribution in [0.2, 0.25) is 0 Å². The molecule has 1 N–H and O–H groups in total. The molecule has 2 rings (SSSR count). The first-order valence-corrected chi connectivity index (χ1v) is 6.27. The van der Waals surface area contributed by atoms with Crippen molar-refractivity contribution in [2.45, 2.75) is 37.0 Å². The second-order valence-electron chi connectivity index (χ2n) is 4.18. The minimum Gasteiger partial charge on any atom is -0.393 e. The minimum absolute atomic E-state index is 0.0167. The lowest BCUT2D eigenvalue weighted by Crippen LogP contribution is -2.32. The van der Waals surface area contributed by atoms with Gasteiger partial charge in [0.25, 0.3) is 0 Å². The quantitative estimate of drug-likeness (QED) is 0.755. The highest BCUT2D eigenvalue weighted by Crippen LogP contribution is 2.30. The molecule has 3 heteroatoms. The first-order chi connectivity index (χ1) is 6.34. The molecule has 1 aliphatic carbocycles. The van der Waals surface area contributed by atoms with Crippen LogP contribution >= 0.6 is 11.8 Å². The lowest BCUT2D eigenvalue weighted by molar-refractivity contribution is 0.0452. The number of hydrogen-bond donors (Lipinski definition) is 1. The van der Waals surface area contributed by atoms with Crippen LogP contribution in [0.1, 0.15) is 25.7 Å². The van der Waals surface area contributed by atoms with Crippen LogP contribution in [0.4, 0.5) is 0 Å². The first-order valence-electron chi connectivity index (χ1n) is 5.22. The van der Waals surface area contributed by atoms with Crippen LogP contribution in [-0.4, -0.2) is 35.4 Å². The molecule has 0 aromatic carbocycles. The van der Waals surface area contributed by atoms with E-state index < -0.39 is 0 Å². The highest BCUT2D eigenvalue weighted by atomic mass is 32.2. The third kappa shape index (κ3) is 2.86. The summed E-state index contributed by atoms with van der Waals surface area (Å²) in [6.45, 7) is 1.89. The van der Waals surface area contributed by atoms with Crippen molar-refractivity contribution in [1.82, 2.24) is 0 Å². The van der Waals surface area contributed by atoms with Crippen molar-refractivity contribution in [2.24, 2.45) is 5.92 Å². The largest absolute Gasteiger partial charge is 0.393 e. The fraction of sp³-hybridized carbons (Fsp3) is 1.00. The minimum atomic E-state index is -0.0167. The lowest BCUT2D eigenvalue weighted by Gasteiger charge is -2.30. The fourth-order valence-electron chi connectivity index (χ4n) is 2.00. The van der Waals surface area contributed by atoms with Gasteiger partial charge in [0, 0.05) is 0 Å². The fourth-order valence-corrected chi connectivity index (χ4v) is 3.23. The van der Waals surface area contributed by atoms with Gasteiger partial charge < -0.3 is 9.84 Å². The van der Waals surface area contributed by atoms with Crippen LogP contribution in [0, 0.1) is 5.92 Å². The number of thioether (sulfide) groups is 1. The molecule has 0 spiro atoms. The van der Waals surface area contributed by atoms with Crippen molar-refractivity contribution in [1.29, 1.82) is 0 Å². The maximum atomic E-state index is 9.48. The van der Waals surface area contributed by atoms with E-state index in [0.29, 0.717) is 0 Å². The highest BCUT2D eigenvalue weighted by molar-refractivity contribution is 8.00. The normalized spacial score (nSPS) is 35.8. The van der Waals surface area contributed by atoms with Crippen molar-refractivity contribution in [3.8, 4) is 0 Å². The summed E-state index contributed by atoms with van der Waals surface area (Å²) in [4.78, 5) is 0. The van der Waals surface area contributed by atoms with Crippen LogP contribution in [0.3, 0.4) is 0 Å². The highest BCUT2D eigenvalue weighted by Gasteiger charge is 2.24. The van der Waals surface area contributed by atoms with Crippen molar-refractivity contribution in [2.75, 3.05) is 19.0 Å². The van der Waals surface area contributed by atoms with E-state index in [-0.39, 0.29) is 6.10 Å². The molecule has 2 aliphatic rings. The Kier molecular flexibility index (Phi) is 3.52. The molecule has 0 radical (unpaired) electrons. The molecule has 1 aliphatic heterocycles. The summed E-state index contributed by atoms with van der Waals surface area (Å²) in [5, 5.41) is 10.2. The summed E-state index contributed by atoms with van der Waals surface area (Å²) < 4.78 is 5.13. The van der Waals surface area contributed by atoms with Gasteiger partial charge in [-0.2, -0.15) is 11.8 Å². The van der Waals surface area contributed by atoms with Gasteiger partial charge in [-0.1, -0.05) is 6.42 Å². The molecule has 1 heterocycles. The van der Waals surface area contributed by atoms with Gasteiger partial charge in [0.05, 0.1) is 24.6 Å². The number of aliphatic hydroxyl groups excluding tert-OH is 1. The average molecular weight is 202 g/mol. The molecule has 0 aromatic heterocycles. The van der Waals surface area contributed by atoms with E-state index in [1.807, 2.05) is 11.8 Å². The molecule has 0 amide bonds. The SMILES string of the molecule is OC1CCCC(CSC2COC2)C1. The zero-order chi connectivity index (χ0) is 9.10.